The van der Waals surface area contributed by atoms with Gasteiger partial charge in [-0.15, -0.1) is 0 Å². The zero-order valence-electron chi connectivity index (χ0n) is 11.1. The third-order valence-electron chi connectivity index (χ3n) is 3.07. The third kappa shape index (κ3) is 2.25. The maximum Gasteiger partial charge on any atom is 0.227 e. The highest BCUT2D eigenvalue weighted by Gasteiger charge is 2.11. The molecule has 0 saturated heterocycles. The number of nitrogens with one attached hydrogen (secondary N) is 1. The first-order valence-electron chi connectivity index (χ1n) is 6.13. The number of hydrogen-bond acceptors (Lipinski definition) is 4. The van der Waals surface area contributed by atoms with Crippen molar-refractivity contribution in [3.63, 3.8) is 0 Å². The number of anilines is 1. The highest BCUT2D eigenvalue weighted by atomic mass is 79.9. The highest BCUT2D eigenvalue weighted by Crippen LogP contribution is 2.32. The van der Waals surface area contributed by atoms with Crippen molar-refractivity contribution in [2.75, 3.05) is 19.5 Å². The Morgan fingerprint density at radius 1 is 1.20 bits per heavy atom. The summed E-state index contributed by atoms with van der Waals surface area (Å²) in [5.74, 6) is 1.38. The van der Waals surface area contributed by atoms with E-state index in [0.29, 0.717) is 5.89 Å². The standard InChI is InChI=1S/C15H13BrN2O2/c1-17-11-7-9(3-5-13(11)19-2)15-18-12-8-10(16)4-6-14(12)20-15/h3-8,17H,1-2H3. The van der Waals surface area contributed by atoms with Gasteiger partial charge in [0, 0.05) is 17.1 Å². The summed E-state index contributed by atoms with van der Waals surface area (Å²) in [6.07, 6.45) is 0. The number of nitrogens with zero attached hydrogens (tertiary/aromatic N) is 1. The van der Waals surface area contributed by atoms with Crippen molar-refractivity contribution in [1.82, 2.24) is 4.98 Å². The van der Waals surface area contributed by atoms with Gasteiger partial charge in [0.1, 0.15) is 11.3 Å². The Balaban J connectivity index is 2.10. The average Bonchev–Trinajstić information content (AvgIpc) is 2.89. The molecule has 0 radical (unpaired) electrons. The molecule has 5 heteroatoms. The van der Waals surface area contributed by atoms with Crippen molar-refractivity contribution >= 4 is 32.7 Å². The summed E-state index contributed by atoms with van der Waals surface area (Å²) in [7, 11) is 3.50. The van der Waals surface area contributed by atoms with E-state index < -0.39 is 0 Å². The van der Waals surface area contributed by atoms with Crippen molar-refractivity contribution in [3.8, 4) is 17.2 Å². The number of fused-ring (bicyclic) bond motifs is 1. The lowest BCUT2D eigenvalue weighted by Gasteiger charge is -2.08. The van der Waals surface area contributed by atoms with Crippen LogP contribution >= 0.6 is 15.9 Å². The molecule has 102 valence electrons. The van der Waals surface area contributed by atoms with Gasteiger partial charge in [-0.25, -0.2) is 4.98 Å². The minimum atomic E-state index is 0.595. The van der Waals surface area contributed by atoms with Gasteiger partial charge in [-0.05, 0) is 36.4 Å². The lowest BCUT2D eigenvalue weighted by Crippen LogP contribution is -1.94. The van der Waals surface area contributed by atoms with Gasteiger partial charge >= 0.3 is 0 Å². The molecule has 0 saturated carbocycles. The number of ether oxygens (including phenoxy) is 1. The number of aromatic nitrogens is 1. The quantitative estimate of drug-likeness (QED) is 0.776. The second-order valence-corrected chi connectivity index (χ2v) is 5.21. The number of rotatable bonds is 3. The van der Waals surface area contributed by atoms with Crippen LogP contribution in [0.25, 0.3) is 22.6 Å². The van der Waals surface area contributed by atoms with E-state index in [-0.39, 0.29) is 0 Å². The van der Waals surface area contributed by atoms with E-state index in [1.807, 2.05) is 43.4 Å². The molecule has 0 aliphatic heterocycles. The summed E-state index contributed by atoms with van der Waals surface area (Å²) >= 11 is 3.43. The first kappa shape index (κ1) is 13.0. The first-order valence-corrected chi connectivity index (χ1v) is 6.93. The zero-order valence-corrected chi connectivity index (χ0v) is 12.7. The third-order valence-corrected chi connectivity index (χ3v) is 3.56. The monoisotopic (exact) mass is 332 g/mol. The van der Waals surface area contributed by atoms with E-state index in [2.05, 4.69) is 26.2 Å². The lowest BCUT2D eigenvalue weighted by molar-refractivity contribution is 0.416. The molecule has 0 aliphatic rings. The molecule has 0 aliphatic carbocycles. The SMILES string of the molecule is CNc1cc(-c2nc3cc(Br)ccc3o2)ccc1OC. The van der Waals surface area contributed by atoms with Crippen LogP contribution in [-0.4, -0.2) is 19.1 Å². The van der Waals surface area contributed by atoms with Crippen molar-refractivity contribution in [1.29, 1.82) is 0 Å². The fraction of sp³-hybridized carbons (Fsp3) is 0.133. The average molecular weight is 333 g/mol. The number of oxazole rings is 1. The van der Waals surface area contributed by atoms with E-state index in [0.717, 1.165) is 32.6 Å². The molecule has 3 rings (SSSR count). The van der Waals surface area contributed by atoms with Gasteiger partial charge in [0.15, 0.2) is 5.58 Å². The zero-order chi connectivity index (χ0) is 14.1. The molecular formula is C15H13BrN2O2. The summed E-state index contributed by atoms with van der Waals surface area (Å²) in [6, 6.07) is 11.6. The van der Waals surface area contributed by atoms with Gasteiger partial charge in [-0.2, -0.15) is 0 Å². The van der Waals surface area contributed by atoms with Crippen LogP contribution in [0.4, 0.5) is 5.69 Å². The highest BCUT2D eigenvalue weighted by molar-refractivity contribution is 9.10. The van der Waals surface area contributed by atoms with Crippen LogP contribution in [0.3, 0.4) is 0 Å². The number of benzene rings is 2. The molecular weight excluding hydrogens is 320 g/mol. The normalized spacial score (nSPS) is 10.8. The molecule has 0 fully saturated rings. The van der Waals surface area contributed by atoms with Crippen LogP contribution in [0.5, 0.6) is 5.75 Å². The molecule has 0 unspecified atom stereocenters. The Morgan fingerprint density at radius 3 is 2.80 bits per heavy atom. The first-order chi connectivity index (χ1) is 9.71. The predicted octanol–water partition coefficient (Wildman–Crippen LogP) is 4.31. The molecule has 0 amide bonds. The van der Waals surface area contributed by atoms with Gasteiger partial charge in [0.05, 0.1) is 12.8 Å². The topological polar surface area (TPSA) is 47.3 Å². The predicted molar refractivity (Wildman–Crippen MR) is 83.2 cm³/mol. The van der Waals surface area contributed by atoms with Crippen LogP contribution in [0, 0.1) is 0 Å². The molecule has 20 heavy (non-hydrogen) atoms. The maximum absolute atomic E-state index is 5.78. The van der Waals surface area contributed by atoms with E-state index in [4.69, 9.17) is 9.15 Å². The molecule has 0 bridgehead atoms. The van der Waals surface area contributed by atoms with Gasteiger partial charge in [-0.3, -0.25) is 0 Å². The summed E-state index contributed by atoms with van der Waals surface area (Å²) in [5.41, 5.74) is 3.40. The Morgan fingerprint density at radius 2 is 2.05 bits per heavy atom. The Hall–Kier alpha value is -2.01. The number of methoxy groups -OCH3 is 1. The summed E-state index contributed by atoms with van der Waals surface area (Å²) < 4.78 is 12.0. The van der Waals surface area contributed by atoms with Crippen molar-refractivity contribution in [3.05, 3.63) is 40.9 Å². The molecule has 0 atom stereocenters. The van der Waals surface area contributed by atoms with Crippen LogP contribution in [-0.2, 0) is 0 Å². The second-order valence-electron chi connectivity index (χ2n) is 4.30. The van der Waals surface area contributed by atoms with Gasteiger partial charge in [0.2, 0.25) is 5.89 Å². The number of halogens is 1. The molecule has 4 nitrogen and oxygen atoms in total. The molecule has 0 spiro atoms. The van der Waals surface area contributed by atoms with E-state index >= 15 is 0 Å². The van der Waals surface area contributed by atoms with Crippen LogP contribution in [0.15, 0.2) is 45.3 Å². The largest absolute Gasteiger partial charge is 0.495 e. The summed E-state index contributed by atoms with van der Waals surface area (Å²) in [5, 5.41) is 3.10. The molecule has 1 aromatic heterocycles. The van der Waals surface area contributed by atoms with Gasteiger partial charge in [-0.1, -0.05) is 15.9 Å². The lowest BCUT2D eigenvalue weighted by atomic mass is 10.2. The minimum absolute atomic E-state index is 0.595. The molecule has 1 N–H and O–H groups in total. The van der Waals surface area contributed by atoms with Crippen LogP contribution in [0.1, 0.15) is 0 Å². The van der Waals surface area contributed by atoms with Crippen molar-refractivity contribution in [2.45, 2.75) is 0 Å². The Bertz CT molecular complexity index is 768. The maximum atomic E-state index is 5.78. The number of hydrogen-bond donors (Lipinski definition) is 1. The van der Waals surface area contributed by atoms with Gasteiger partial charge in [0.25, 0.3) is 0 Å². The van der Waals surface area contributed by atoms with E-state index in [9.17, 15) is 0 Å². The molecule has 3 aromatic rings. The van der Waals surface area contributed by atoms with E-state index in [1.165, 1.54) is 0 Å². The summed E-state index contributed by atoms with van der Waals surface area (Å²) in [4.78, 5) is 4.51. The fourth-order valence-electron chi connectivity index (χ4n) is 2.06. The summed E-state index contributed by atoms with van der Waals surface area (Å²) in [6.45, 7) is 0. The Labute approximate surface area is 124 Å². The van der Waals surface area contributed by atoms with Crippen LogP contribution in [0.2, 0.25) is 0 Å². The minimum Gasteiger partial charge on any atom is -0.495 e. The Kier molecular flexibility index (Phi) is 3.36. The molecule has 2 aromatic carbocycles. The van der Waals surface area contributed by atoms with Crippen molar-refractivity contribution < 1.29 is 9.15 Å². The van der Waals surface area contributed by atoms with Gasteiger partial charge < -0.3 is 14.5 Å². The molecule has 1 heterocycles. The smallest absolute Gasteiger partial charge is 0.227 e. The van der Waals surface area contributed by atoms with Crippen LogP contribution < -0.4 is 10.1 Å². The van der Waals surface area contributed by atoms with Crippen molar-refractivity contribution in [2.24, 2.45) is 0 Å². The fourth-order valence-corrected chi connectivity index (χ4v) is 2.41. The van der Waals surface area contributed by atoms with E-state index in [1.54, 1.807) is 7.11 Å². The second kappa shape index (κ2) is 5.17.